The summed E-state index contributed by atoms with van der Waals surface area (Å²) in [6, 6.07) is 0. The van der Waals surface area contributed by atoms with Gasteiger partial charge in [0.1, 0.15) is 7.85 Å². The van der Waals surface area contributed by atoms with Crippen molar-refractivity contribution in [2.75, 3.05) is 0 Å². The normalized spacial score (nSPS) is 19.1. The van der Waals surface area contributed by atoms with Crippen LogP contribution in [0.15, 0.2) is 22.9 Å². The van der Waals surface area contributed by atoms with Gasteiger partial charge in [0.05, 0.1) is 5.83 Å². The molecular weight excluding hydrogens is 138 g/mol. The monoisotopic (exact) mass is 150 g/mol. The Kier molecular flexibility index (Phi) is 2.53. The van der Waals surface area contributed by atoms with Gasteiger partial charge in [-0.05, 0) is 12.3 Å². The highest BCUT2D eigenvalue weighted by Crippen LogP contribution is 2.27. The van der Waals surface area contributed by atoms with Crippen LogP contribution in [-0.2, 0) is 0 Å². The average molecular weight is 150 g/mol. The third kappa shape index (κ3) is 1.95. The maximum absolute atomic E-state index is 12.7. The Hall–Kier alpha value is -0.525. The molecule has 0 aromatic heterocycles. The molecule has 0 aliphatic heterocycles. The first kappa shape index (κ1) is 8.57. The van der Waals surface area contributed by atoms with E-state index < -0.39 is 0 Å². The van der Waals surface area contributed by atoms with Crippen molar-refractivity contribution < 1.29 is 4.39 Å². The third-order valence-electron chi connectivity index (χ3n) is 2.03. The van der Waals surface area contributed by atoms with E-state index in [-0.39, 0.29) is 5.83 Å². The van der Waals surface area contributed by atoms with Crippen LogP contribution in [0.5, 0.6) is 0 Å². The zero-order valence-electron chi connectivity index (χ0n) is 7.02. The Labute approximate surface area is 68.6 Å². The minimum atomic E-state index is -0.158. The van der Waals surface area contributed by atoms with Crippen molar-refractivity contribution in [2.45, 2.75) is 26.7 Å². The lowest BCUT2D eigenvalue weighted by Gasteiger charge is -2.16. The molecule has 0 nitrogen and oxygen atoms in total. The van der Waals surface area contributed by atoms with E-state index in [1.165, 1.54) is 5.57 Å². The smallest absolute Gasteiger partial charge is 0.117 e. The maximum Gasteiger partial charge on any atom is 0.117 e. The fourth-order valence-corrected chi connectivity index (χ4v) is 1.20. The molecule has 1 aliphatic rings. The van der Waals surface area contributed by atoms with Crippen molar-refractivity contribution in [3.05, 3.63) is 22.9 Å². The summed E-state index contributed by atoms with van der Waals surface area (Å²) in [7, 11) is 5.43. The minimum Gasteiger partial charge on any atom is -0.212 e. The van der Waals surface area contributed by atoms with Crippen LogP contribution in [0.3, 0.4) is 0 Å². The van der Waals surface area contributed by atoms with E-state index in [0.29, 0.717) is 17.8 Å². The number of rotatable bonds is 1. The van der Waals surface area contributed by atoms with Crippen molar-refractivity contribution in [1.29, 1.82) is 0 Å². The quantitative estimate of drug-likeness (QED) is 0.504. The van der Waals surface area contributed by atoms with Gasteiger partial charge < -0.3 is 0 Å². The largest absolute Gasteiger partial charge is 0.212 e. The predicted octanol–water partition coefficient (Wildman–Crippen LogP) is 2.71. The standard InChI is InChI=1S/C9H12BF/c1-6(2)7-3-4-9(11)8(10)5-7/h5-6H,3-4H2,1-2H3. The summed E-state index contributed by atoms with van der Waals surface area (Å²) in [5, 5.41) is 0. The van der Waals surface area contributed by atoms with Crippen LogP contribution in [-0.4, -0.2) is 7.85 Å². The number of hydrogen-bond acceptors (Lipinski definition) is 0. The molecule has 0 N–H and O–H groups in total. The van der Waals surface area contributed by atoms with E-state index >= 15 is 0 Å². The van der Waals surface area contributed by atoms with Gasteiger partial charge in [-0.2, -0.15) is 0 Å². The van der Waals surface area contributed by atoms with Crippen molar-refractivity contribution in [3.63, 3.8) is 0 Å². The molecule has 0 saturated heterocycles. The van der Waals surface area contributed by atoms with Crippen LogP contribution in [0.2, 0.25) is 0 Å². The SMILES string of the molecule is [B]C1=C(F)CCC(C(C)C)=C1. The van der Waals surface area contributed by atoms with Crippen LogP contribution in [0.4, 0.5) is 4.39 Å². The second-order valence-corrected chi connectivity index (χ2v) is 3.23. The summed E-state index contributed by atoms with van der Waals surface area (Å²) in [5.74, 6) is 0.330. The van der Waals surface area contributed by atoms with Gasteiger partial charge in [0.2, 0.25) is 0 Å². The van der Waals surface area contributed by atoms with Gasteiger partial charge in [-0.3, -0.25) is 0 Å². The second-order valence-electron chi connectivity index (χ2n) is 3.23. The second kappa shape index (κ2) is 3.25. The van der Waals surface area contributed by atoms with E-state index in [0.717, 1.165) is 6.42 Å². The molecule has 58 valence electrons. The van der Waals surface area contributed by atoms with E-state index in [4.69, 9.17) is 7.85 Å². The van der Waals surface area contributed by atoms with E-state index in [1.807, 2.05) is 0 Å². The molecule has 1 rings (SSSR count). The van der Waals surface area contributed by atoms with E-state index in [9.17, 15) is 4.39 Å². The number of hydrogen-bond donors (Lipinski definition) is 0. The average Bonchev–Trinajstić information content (AvgIpc) is 1.94. The molecule has 0 saturated carbocycles. The number of halogens is 1. The molecule has 1 aliphatic carbocycles. The summed E-state index contributed by atoms with van der Waals surface area (Å²) < 4.78 is 12.7. The Morgan fingerprint density at radius 1 is 1.45 bits per heavy atom. The highest BCUT2D eigenvalue weighted by molar-refractivity contribution is 6.23. The minimum absolute atomic E-state index is 0.158. The third-order valence-corrected chi connectivity index (χ3v) is 2.03. The van der Waals surface area contributed by atoms with Gasteiger partial charge in [0, 0.05) is 6.42 Å². The first-order valence-electron chi connectivity index (χ1n) is 3.96. The zero-order chi connectivity index (χ0) is 8.43. The van der Waals surface area contributed by atoms with Crippen LogP contribution >= 0.6 is 0 Å². The molecule has 0 heterocycles. The summed E-state index contributed by atoms with van der Waals surface area (Å²) in [4.78, 5) is 0. The molecule has 2 heteroatoms. The lowest BCUT2D eigenvalue weighted by molar-refractivity contribution is 0.562. The maximum atomic E-state index is 12.7. The fraction of sp³-hybridized carbons (Fsp3) is 0.556. The van der Waals surface area contributed by atoms with Gasteiger partial charge in [-0.15, -0.1) is 0 Å². The lowest BCUT2D eigenvalue weighted by Crippen LogP contribution is -2.01. The molecule has 0 fully saturated rings. The topological polar surface area (TPSA) is 0 Å². The van der Waals surface area contributed by atoms with Crippen LogP contribution < -0.4 is 0 Å². The first-order chi connectivity index (χ1) is 5.11. The Morgan fingerprint density at radius 2 is 2.09 bits per heavy atom. The van der Waals surface area contributed by atoms with Gasteiger partial charge in [0.25, 0.3) is 0 Å². The molecule has 0 amide bonds. The number of allylic oxidation sites excluding steroid dienone is 4. The zero-order valence-corrected chi connectivity index (χ0v) is 7.02. The molecular formula is C9H12BF. The summed E-state index contributed by atoms with van der Waals surface area (Å²) in [6.07, 6.45) is 3.07. The molecule has 0 bridgehead atoms. The fourth-order valence-electron chi connectivity index (χ4n) is 1.20. The van der Waals surface area contributed by atoms with Gasteiger partial charge >= 0.3 is 0 Å². The molecule has 0 aromatic rings. The highest BCUT2D eigenvalue weighted by atomic mass is 19.1. The van der Waals surface area contributed by atoms with E-state index in [2.05, 4.69) is 13.8 Å². The first-order valence-corrected chi connectivity index (χ1v) is 3.96. The van der Waals surface area contributed by atoms with Crippen molar-refractivity contribution in [1.82, 2.24) is 0 Å². The molecule has 2 radical (unpaired) electrons. The van der Waals surface area contributed by atoms with Crippen LogP contribution in [0.25, 0.3) is 0 Å². The van der Waals surface area contributed by atoms with Crippen molar-refractivity contribution in [2.24, 2.45) is 5.92 Å². The molecule has 0 spiro atoms. The van der Waals surface area contributed by atoms with Crippen molar-refractivity contribution >= 4 is 7.85 Å². The van der Waals surface area contributed by atoms with Gasteiger partial charge in [-0.1, -0.05) is 31.0 Å². The molecule has 0 atom stereocenters. The van der Waals surface area contributed by atoms with Crippen LogP contribution in [0, 0.1) is 5.92 Å². The van der Waals surface area contributed by atoms with E-state index in [1.54, 1.807) is 6.08 Å². The summed E-state index contributed by atoms with van der Waals surface area (Å²) >= 11 is 0. The Bertz CT molecular complexity index is 214. The van der Waals surface area contributed by atoms with Gasteiger partial charge in [-0.25, -0.2) is 4.39 Å². The van der Waals surface area contributed by atoms with Gasteiger partial charge in [0.15, 0.2) is 0 Å². The Balaban J connectivity index is 2.81. The summed E-state index contributed by atoms with van der Waals surface area (Å²) in [6.45, 7) is 4.20. The molecule has 0 aromatic carbocycles. The highest BCUT2D eigenvalue weighted by Gasteiger charge is 2.11. The summed E-state index contributed by atoms with van der Waals surface area (Å²) in [5.41, 5.74) is 1.57. The van der Waals surface area contributed by atoms with Crippen LogP contribution in [0.1, 0.15) is 26.7 Å². The molecule has 0 unspecified atom stereocenters. The van der Waals surface area contributed by atoms with Crippen molar-refractivity contribution in [3.8, 4) is 0 Å². The lowest BCUT2D eigenvalue weighted by atomic mass is 9.83. The predicted molar refractivity (Wildman–Crippen MR) is 46.0 cm³/mol. The Morgan fingerprint density at radius 3 is 2.55 bits per heavy atom. The molecule has 11 heavy (non-hydrogen) atoms.